The van der Waals surface area contributed by atoms with Crippen molar-refractivity contribution in [2.24, 2.45) is 0 Å². The molecule has 2 aromatic heterocycles. The average Bonchev–Trinajstić information content (AvgIpc) is 3.44. The fourth-order valence-corrected chi connectivity index (χ4v) is 5.24. The predicted octanol–water partition coefficient (Wildman–Crippen LogP) is 8.35. The Hall–Kier alpha value is -4.63. The predicted molar refractivity (Wildman–Crippen MR) is 141 cm³/mol. The normalized spacial score (nSPS) is 11.6. The zero-order chi connectivity index (χ0) is 22.6. The van der Waals surface area contributed by atoms with Crippen LogP contribution in [0.4, 0.5) is 0 Å². The van der Waals surface area contributed by atoms with Crippen molar-refractivity contribution in [3.63, 3.8) is 0 Å². The summed E-state index contributed by atoms with van der Waals surface area (Å²) in [6.45, 7) is 0. The van der Waals surface area contributed by atoms with Crippen molar-refractivity contribution in [1.29, 1.82) is 5.41 Å². The van der Waals surface area contributed by atoms with E-state index in [-0.39, 0.29) is 0 Å². The van der Waals surface area contributed by atoms with Crippen molar-refractivity contribution in [1.82, 2.24) is 4.57 Å². The molecule has 3 heteroatoms. The van der Waals surface area contributed by atoms with E-state index in [0.717, 1.165) is 44.3 Å². The number of benzene rings is 5. The molecule has 1 N–H and O–H groups in total. The third-order valence-electron chi connectivity index (χ3n) is 6.72. The second-order valence-corrected chi connectivity index (χ2v) is 8.56. The van der Waals surface area contributed by atoms with Crippen molar-refractivity contribution in [2.45, 2.75) is 0 Å². The number of nitrogens with zero attached hydrogens (tertiary/aromatic N) is 1. The highest BCUT2D eigenvalue weighted by atomic mass is 16.3. The smallest absolute Gasteiger partial charge is 0.136 e. The Kier molecular flexibility index (Phi) is 4.00. The summed E-state index contributed by atoms with van der Waals surface area (Å²) >= 11 is 0. The van der Waals surface area contributed by atoms with E-state index in [0.29, 0.717) is 0 Å². The van der Waals surface area contributed by atoms with E-state index in [1.165, 1.54) is 28.0 Å². The van der Waals surface area contributed by atoms with Crippen LogP contribution in [0.2, 0.25) is 0 Å². The second kappa shape index (κ2) is 7.19. The van der Waals surface area contributed by atoms with E-state index in [9.17, 15) is 0 Å². The zero-order valence-electron chi connectivity index (χ0n) is 18.3. The average molecular weight is 437 g/mol. The molecular weight excluding hydrogens is 416 g/mol. The van der Waals surface area contributed by atoms with E-state index in [2.05, 4.69) is 89.5 Å². The molecule has 0 spiro atoms. The Balaban J connectivity index is 1.54. The van der Waals surface area contributed by atoms with Crippen LogP contribution in [0.1, 0.15) is 5.56 Å². The summed E-state index contributed by atoms with van der Waals surface area (Å²) < 4.78 is 8.46. The Bertz CT molecular complexity index is 1830. The van der Waals surface area contributed by atoms with Gasteiger partial charge in [0, 0.05) is 38.9 Å². The van der Waals surface area contributed by atoms with Crippen molar-refractivity contribution in [2.75, 3.05) is 0 Å². The monoisotopic (exact) mass is 436 g/mol. The van der Waals surface area contributed by atoms with Gasteiger partial charge in [0.2, 0.25) is 0 Å². The van der Waals surface area contributed by atoms with Crippen molar-refractivity contribution >= 4 is 50.0 Å². The number of furan rings is 1. The molecule has 0 aliphatic carbocycles. The molecule has 34 heavy (non-hydrogen) atoms. The lowest BCUT2D eigenvalue weighted by atomic mass is 9.99. The quantitative estimate of drug-likeness (QED) is 0.278. The van der Waals surface area contributed by atoms with Crippen molar-refractivity contribution in [3.05, 3.63) is 115 Å². The largest absolute Gasteiger partial charge is 0.456 e. The Morgan fingerprint density at radius 2 is 1.32 bits per heavy atom. The van der Waals surface area contributed by atoms with E-state index in [1.54, 1.807) is 0 Å². The van der Waals surface area contributed by atoms with Gasteiger partial charge >= 0.3 is 0 Å². The van der Waals surface area contributed by atoms with Gasteiger partial charge in [-0.3, -0.25) is 0 Å². The summed E-state index contributed by atoms with van der Waals surface area (Å²) in [5, 5.41) is 12.4. The highest BCUT2D eigenvalue weighted by Gasteiger charge is 2.16. The molecule has 0 saturated heterocycles. The molecule has 7 rings (SSSR count). The lowest BCUT2D eigenvalue weighted by Crippen LogP contribution is -1.96. The van der Waals surface area contributed by atoms with Gasteiger partial charge in [0.25, 0.3) is 0 Å². The van der Waals surface area contributed by atoms with Crippen LogP contribution >= 0.6 is 0 Å². The van der Waals surface area contributed by atoms with Gasteiger partial charge in [-0.15, -0.1) is 0 Å². The highest BCUT2D eigenvalue weighted by Crippen LogP contribution is 2.38. The lowest BCUT2D eigenvalue weighted by molar-refractivity contribution is 0.669. The minimum atomic E-state index is 0.809. The third-order valence-corrected chi connectivity index (χ3v) is 6.72. The number of aromatic nitrogens is 1. The summed E-state index contributed by atoms with van der Waals surface area (Å²) in [5.74, 6) is 0. The van der Waals surface area contributed by atoms with Gasteiger partial charge in [-0.1, -0.05) is 72.8 Å². The molecule has 5 aromatic carbocycles. The standard InChI is InChI=1S/C31H20N2O/c32-19-21-8-7-15-30-31(21)25-18-20(16-17-29(25)34-30)22-9-1-4-12-26(22)33-27-13-5-2-10-23(27)24-11-3-6-14-28(24)33/h1-19,32H. The van der Waals surface area contributed by atoms with Crippen LogP contribution in [0.25, 0.3) is 60.6 Å². The molecule has 0 saturated carbocycles. The van der Waals surface area contributed by atoms with Gasteiger partial charge in [-0.05, 0) is 42.0 Å². The van der Waals surface area contributed by atoms with E-state index in [4.69, 9.17) is 9.83 Å². The molecule has 0 aliphatic heterocycles. The number of hydrogen-bond acceptors (Lipinski definition) is 2. The molecular formula is C31H20N2O. The SMILES string of the molecule is N=Cc1cccc2oc3ccc(-c4ccccc4-n4c5ccccc5c5ccccc54)cc3c12. The molecule has 0 fully saturated rings. The Morgan fingerprint density at radius 3 is 2.09 bits per heavy atom. The molecule has 0 amide bonds. The number of fused-ring (bicyclic) bond motifs is 6. The number of para-hydroxylation sites is 3. The summed E-state index contributed by atoms with van der Waals surface area (Å²) in [4.78, 5) is 0. The topological polar surface area (TPSA) is 41.9 Å². The number of rotatable bonds is 3. The first-order valence-electron chi connectivity index (χ1n) is 11.4. The van der Waals surface area contributed by atoms with Gasteiger partial charge in [-0.2, -0.15) is 0 Å². The second-order valence-electron chi connectivity index (χ2n) is 8.56. The maximum atomic E-state index is 7.87. The Labute approximate surface area is 196 Å². The fourth-order valence-electron chi connectivity index (χ4n) is 5.24. The number of hydrogen-bond donors (Lipinski definition) is 1. The maximum Gasteiger partial charge on any atom is 0.136 e. The van der Waals surface area contributed by atoms with Gasteiger partial charge < -0.3 is 14.4 Å². The van der Waals surface area contributed by atoms with E-state index in [1.807, 2.05) is 24.3 Å². The minimum absolute atomic E-state index is 0.809. The fraction of sp³-hybridized carbons (Fsp3) is 0. The molecule has 0 atom stereocenters. The first kappa shape index (κ1) is 18.9. The zero-order valence-corrected chi connectivity index (χ0v) is 18.3. The lowest BCUT2D eigenvalue weighted by Gasteiger charge is -2.14. The van der Waals surface area contributed by atoms with Gasteiger partial charge in [0.1, 0.15) is 11.2 Å². The molecule has 0 bridgehead atoms. The summed E-state index contributed by atoms with van der Waals surface area (Å²) in [5.41, 5.74) is 8.30. The maximum absolute atomic E-state index is 7.87. The van der Waals surface area contributed by atoms with E-state index >= 15 is 0 Å². The highest BCUT2D eigenvalue weighted by molar-refractivity contribution is 6.14. The van der Waals surface area contributed by atoms with Crippen molar-refractivity contribution in [3.8, 4) is 16.8 Å². The molecule has 0 radical (unpaired) electrons. The van der Waals surface area contributed by atoms with Crippen LogP contribution in [0.15, 0.2) is 114 Å². The molecule has 0 aliphatic rings. The minimum Gasteiger partial charge on any atom is -0.456 e. The van der Waals surface area contributed by atoms with Crippen LogP contribution in [-0.4, -0.2) is 10.8 Å². The van der Waals surface area contributed by atoms with Crippen LogP contribution in [-0.2, 0) is 0 Å². The first-order valence-corrected chi connectivity index (χ1v) is 11.4. The molecule has 0 unspecified atom stereocenters. The van der Waals surface area contributed by atoms with Gasteiger partial charge in [0.05, 0.1) is 16.7 Å². The van der Waals surface area contributed by atoms with Crippen LogP contribution < -0.4 is 0 Å². The summed E-state index contributed by atoms with van der Waals surface area (Å²) in [7, 11) is 0. The van der Waals surface area contributed by atoms with Gasteiger partial charge in [0.15, 0.2) is 0 Å². The van der Waals surface area contributed by atoms with Crippen molar-refractivity contribution < 1.29 is 4.42 Å². The first-order chi connectivity index (χ1) is 16.8. The molecule has 3 nitrogen and oxygen atoms in total. The third kappa shape index (κ3) is 2.61. The Morgan fingerprint density at radius 1 is 0.618 bits per heavy atom. The van der Waals surface area contributed by atoms with E-state index < -0.39 is 0 Å². The summed E-state index contributed by atoms with van der Waals surface area (Å²) in [6, 6.07) is 38.0. The van der Waals surface area contributed by atoms with Crippen LogP contribution in [0.3, 0.4) is 0 Å². The molecule has 160 valence electrons. The van der Waals surface area contributed by atoms with Crippen LogP contribution in [0.5, 0.6) is 0 Å². The molecule has 7 aromatic rings. The summed E-state index contributed by atoms with van der Waals surface area (Å²) in [6.07, 6.45) is 1.40. The van der Waals surface area contributed by atoms with Crippen LogP contribution in [0, 0.1) is 5.41 Å². The van der Waals surface area contributed by atoms with Gasteiger partial charge in [-0.25, -0.2) is 0 Å². The molecule has 2 heterocycles. The number of nitrogens with one attached hydrogen (secondary N) is 1.